The fraction of sp³-hybridized carbons (Fsp3) is 0.583. The van der Waals surface area contributed by atoms with Gasteiger partial charge in [0, 0.05) is 11.9 Å². The standard InChI is InChI=1S/C12H20NO3P/c1-4-12-8-7-11(9-13-12)10-17(14,15-5-2)16-6-3/h7-9H,4-6,10H2,1-3H3. The fourth-order valence-electron chi connectivity index (χ4n) is 1.50. The molecule has 0 radical (unpaired) electrons. The molecular weight excluding hydrogens is 237 g/mol. The number of hydrogen-bond donors (Lipinski definition) is 0. The van der Waals surface area contributed by atoms with E-state index in [4.69, 9.17) is 9.05 Å². The first-order valence-corrected chi connectivity index (χ1v) is 7.68. The topological polar surface area (TPSA) is 48.4 Å². The minimum atomic E-state index is -3.00. The summed E-state index contributed by atoms with van der Waals surface area (Å²) in [5.41, 5.74) is 1.91. The van der Waals surface area contributed by atoms with Crippen molar-refractivity contribution < 1.29 is 13.6 Å². The summed E-state index contributed by atoms with van der Waals surface area (Å²) >= 11 is 0. The van der Waals surface area contributed by atoms with E-state index in [2.05, 4.69) is 4.98 Å². The first kappa shape index (κ1) is 14.4. The summed E-state index contributed by atoms with van der Waals surface area (Å²) in [5.74, 6) is 0. The van der Waals surface area contributed by atoms with Crippen molar-refractivity contribution in [2.45, 2.75) is 33.4 Å². The summed E-state index contributed by atoms with van der Waals surface area (Å²) in [6, 6.07) is 3.87. The van der Waals surface area contributed by atoms with Gasteiger partial charge in [-0.25, -0.2) is 0 Å². The van der Waals surface area contributed by atoms with Crippen LogP contribution in [0.2, 0.25) is 0 Å². The van der Waals surface area contributed by atoms with Crippen LogP contribution in [0.1, 0.15) is 32.0 Å². The van der Waals surface area contributed by atoms with E-state index >= 15 is 0 Å². The molecule has 0 atom stereocenters. The van der Waals surface area contributed by atoms with E-state index in [1.54, 1.807) is 6.20 Å². The Morgan fingerprint density at radius 2 is 1.82 bits per heavy atom. The molecule has 0 fully saturated rings. The van der Waals surface area contributed by atoms with E-state index in [1.807, 2.05) is 32.9 Å². The fourth-order valence-corrected chi connectivity index (χ4v) is 3.18. The third kappa shape index (κ3) is 4.58. The zero-order chi connectivity index (χ0) is 12.7. The third-order valence-electron chi connectivity index (χ3n) is 2.28. The molecule has 0 aliphatic heterocycles. The van der Waals surface area contributed by atoms with Gasteiger partial charge in [-0.1, -0.05) is 13.0 Å². The smallest absolute Gasteiger partial charge is 0.309 e. The molecule has 0 amide bonds. The van der Waals surface area contributed by atoms with Gasteiger partial charge in [0.1, 0.15) is 0 Å². The molecular formula is C12H20NO3P. The van der Waals surface area contributed by atoms with Gasteiger partial charge in [0.15, 0.2) is 0 Å². The van der Waals surface area contributed by atoms with Crippen LogP contribution in [0.5, 0.6) is 0 Å². The van der Waals surface area contributed by atoms with Gasteiger partial charge in [0.05, 0.1) is 19.4 Å². The molecule has 0 spiro atoms. The monoisotopic (exact) mass is 257 g/mol. The minimum absolute atomic E-state index is 0.283. The molecule has 0 saturated heterocycles. The Hall–Kier alpha value is -0.700. The van der Waals surface area contributed by atoms with Gasteiger partial charge < -0.3 is 9.05 Å². The molecule has 0 unspecified atom stereocenters. The second-order valence-electron chi connectivity index (χ2n) is 3.62. The number of hydrogen-bond acceptors (Lipinski definition) is 4. The van der Waals surface area contributed by atoms with Crippen LogP contribution in [0, 0.1) is 0 Å². The predicted octanol–water partition coefficient (Wildman–Crippen LogP) is 3.41. The number of aryl methyl sites for hydroxylation is 1. The van der Waals surface area contributed by atoms with Crippen molar-refractivity contribution in [3.63, 3.8) is 0 Å². The van der Waals surface area contributed by atoms with Crippen LogP contribution in [0.4, 0.5) is 0 Å². The van der Waals surface area contributed by atoms with Crippen molar-refractivity contribution in [2.24, 2.45) is 0 Å². The van der Waals surface area contributed by atoms with E-state index in [9.17, 15) is 4.57 Å². The molecule has 96 valence electrons. The number of aromatic nitrogens is 1. The van der Waals surface area contributed by atoms with E-state index in [1.165, 1.54) is 0 Å². The molecule has 0 aromatic carbocycles. The Morgan fingerprint density at radius 3 is 2.24 bits per heavy atom. The average molecular weight is 257 g/mol. The van der Waals surface area contributed by atoms with Gasteiger partial charge in [-0.3, -0.25) is 9.55 Å². The average Bonchev–Trinajstić information content (AvgIpc) is 2.30. The minimum Gasteiger partial charge on any atom is -0.309 e. The summed E-state index contributed by atoms with van der Waals surface area (Å²) in [6.07, 6.45) is 2.92. The molecule has 1 rings (SSSR count). The van der Waals surface area contributed by atoms with Crippen molar-refractivity contribution in [1.82, 2.24) is 4.98 Å². The summed E-state index contributed by atoms with van der Waals surface area (Å²) in [5, 5.41) is 0. The summed E-state index contributed by atoms with van der Waals surface area (Å²) in [4.78, 5) is 4.27. The maximum Gasteiger partial charge on any atom is 0.335 e. The van der Waals surface area contributed by atoms with Gasteiger partial charge in [0.2, 0.25) is 0 Å². The van der Waals surface area contributed by atoms with Crippen molar-refractivity contribution in [2.75, 3.05) is 13.2 Å². The Labute approximate surface area is 103 Å². The summed E-state index contributed by atoms with van der Waals surface area (Å²) in [7, 11) is -3.00. The van der Waals surface area contributed by atoms with Crippen molar-refractivity contribution in [3.8, 4) is 0 Å². The Bertz CT molecular complexity index is 368. The SMILES string of the molecule is CCOP(=O)(Cc1ccc(CC)nc1)OCC. The molecule has 0 saturated carbocycles. The number of pyridine rings is 1. The first-order valence-electron chi connectivity index (χ1n) is 5.95. The van der Waals surface area contributed by atoms with E-state index in [0.29, 0.717) is 13.2 Å². The molecule has 0 bridgehead atoms. The van der Waals surface area contributed by atoms with E-state index in [0.717, 1.165) is 17.7 Å². The van der Waals surface area contributed by atoms with Gasteiger partial charge in [-0.2, -0.15) is 0 Å². The van der Waals surface area contributed by atoms with Crippen LogP contribution in [0.3, 0.4) is 0 Å². The molecule has 0 N–H and O–H groups in total. The van der Waals surface area contributed by atoms with Crippen LogP contribution in [0.15, 0.2) is 18.3 Å². The Morgan fingerprint density at radius 1 is 1.18 bits per heavy atom. The molecule has 1 aromatic heterocycles. The van der Waals surface area contributed by atoms with Gasteiger partial charge in [0.25, 0.3) is 0 Å². The van der Waals surface area contributed by atoms with Crippen molar-refractivity contribution >= 4 is 7.60 Å². The lowest BCUT2D eigenvalue weighted by atomic mass is 10.2. The van der Waals surface area contributed by atoms with E-state index < -0.39 is 7.60 Å². The molecule has 17 heavy (non-hydrogen) atoms. The second-order valence-corrected chi connectivity index (χ2v) is 5.67. The molecule has 1 aromatic rings. The lowest BCUT2D eigenvalue weighted by Crippen LogP contribution is -2.00. The largest absolute Gasteiger partial charge is 0.335 e. The maximum absolute atomic E-state index is 12.3. The maximum atomic E-state index is 12.3. The molecule has 1 heterocycles. The number of nitrogens with zero attached hydrogens (tertiary/aromatic N) is 1. The summed E-state index contributed by atoms with van der Waals surface area (Å²) < 4.78 is 22.7. The highest BCUT2D eigenvalue weighted by atomic mass is 31.2. The van der Waals surface area contributed by atoms with Crippen LogP contribution in [-0.2, 0) is 26.2 Å². The Kier molecular flexibility index (Phi) is 5.83. The van der Waals surface area contributed by atoms with Crippen molar-refractivity contribution in [3.05, 3.63) is 29.6 Å². The lowest BCUT2D eigenvalue weighted by Gasteiger charge is -2.16. The Balaban J connectivity index is 2.75. The van der Waals surface area contributed by atoms with E-state index in [-0.39, 0.29) is 6.16 Å². The van der Waals surface area contributed by atoms with Gasteiger partial charge in [-0.15, -0.1) is 0 Å². The summed E-state index contributed by atoms with van der Waals surface area (Å²) in [6.45, 7) is 6.44. The first-order chi connectivity index (χ1) is 8.13. The number of rotatable bonds is 7. The highest BCUT2D eigenvalue weighted by molar-refractivity contribution is 7.53. The molecule has 0 aliphatic rings. The normalized spacial score (nSPS) is 11.7. The van der Waals surface area contributed by atoms with Crippen LogP contribution in [-0.4, -0.2) is 18.2 Å². The van der Waals surface area contributed by atoms with Crippen LogP contribution in [0.25, 0.3) is 0 Å². The van der Waals surface area contributed by atoms with Crippen LogP contribution >= 0.6 is 7.60 Å². The highest BCUT2D eigenvalue weighted by Gasteiger charge is 2.23. The zero-order valence-electron chi connectivity index (χ0n) is 10.7. The van der Waals surface area contributed by atoms with Crippen LogP contribution < -0.4 is 0 Å². The third-order valence-corrected chi connectivity index (χ3v) is 4.33. The highest BCUT2D eigenvalue weighted by Crippen LogP contribution is 2.51. The van der Waals surface area contributed by atoms with Crippen molar-refractivity contribution in [1.29, 1.82) is 0 Å². The second kappa shape index (κ2) is 6.90. The quantitative estimate of drug-likeness (QED) is 0.702. The molecule has 0 aliphatic carbocycles. The lowest BCUT2D eigenvalue weighted by molar-refractivity contribution is 0.219. The van der Waals surface area contributed by atoms with Gasteiger partial charge >= 0.3 is 7.60 Å². The molecule has 4 nitrogen and oxygen atoms in total. The zero-order valence-corrected chi connectivity index (χ0v) is 11.6. The molecule has 5 heteroatoms. The van der Waals surface area contributed by atoms with Gasteiger partial charge in [-0.05, 0) is 31.9 Å². The predicted molar refractivity (Wildman–Crippen MR) is 68.2 cm³/mol.